The van der Waals surface area contributed by atoms with Crippen molar-refractivity contribution in [3.8, 4) is 0 Å². The van der Waals surface area contributed by atoms with Crippen LogP contribution in [0.3, 0.4) is 0 Å². The summed E-state index contributed by atoms with van der Waals surface area (Å²) in [4.78, 5) is 14.0. The Balaban J connectivity index is 1.49. The van der Waals surface area contributed by atoms with Gasteiger partial charge in [0.2, 0.25) is 0 Å². The highest BCUT2D eigenvalue weighted by Crippen LogP contribution is 2.16. The Labute approximate surface area is 145 Å². The zero-order valence-electron chi connectivity index (χ0n) is 13.1. The van der Waals surface area contributed by atoms with Crippen LogP contribution in [-0.4, -0.2) is 25.0 Å². The second kappa shape index (κ2) is 7.75. The molecule has 1 saturated heterocycles. The third-order valence-electron chi connectivity index (χ3n) is 4.44. The van der Waals surface area contributed by atoms with Gasteiger partial charge in [0.05, 0.1) is 18.7 Å². The highest BCUT2D eigenvalue weighted by atomic mass is 79.9. The summed E-state index contributed by atoms with van der Waals surface area (Å²) in [6.07, 6.45) is 2.08. The molecule has 1 aliphatic heterocycles. The number of halogens is 1. The van der Waals surface area contributed by atoms with Crippen molar-refractivity contribution in [2.45, 2.75) is 25.4 Å². The largest absolute Gasteiger partial charge is 0.349 e. The van der Waals surface area contributed by atoms with E-state index in [4.69, 9.17) is 0 Å². The van der Waals surface area contributed by atoms with Crippen molar-refractivity contribution in [2.75, 3.05) is 13.1 Å². The molecule has 23 heavy (non-hydrogen) atoms. The number of hydrogen-bond acceptors (Lipinski definition) is 1. The van der Waals surface area contributed by atoms with Crippen LogP contribution in [0, 0.1) is 0 Å². The highest BCUT2D eigenvalue weighted by molar-refractivity contribution is 9.10. The molecule has 3 rings (SSSR count). The lowest BCUT2D eigenvalue weighted by atomic mass is 10.0. The van der Waals surface area contributed by atoms with Gasteiger partial charge in [0.1, 0.15) is 6.54 Å². The van der Waals surface area contributed by atoms with Gasteiger partial charge in [0.15, 0.2) is 0 Å². The smallest absolute Gasteiger partial charge is 0.252 e. The van der Waals surface area contributed by atoms with Gasteiger partial charge in [-0.2, -0.15) is 0 Å². The van der Waals surface area contributed by atoms with E-state index < -0.39 is 0 Å². The van der Waals surface area contributed by atoms with E-state index >= 15 is 0 Å². The van der Waals surface area contributed by atoms with Crippen LogP contribution in [0.5, 0.6) is 0 Å². The monoisotopic (exact) mass is 373 g/mol. The van der Waals surface area contributed by atoms with Gasteiger partial charge in [0, 0.05) is 28.9 Å². The Kier molecular flexibility index (Phi) is 5.47. The minimum absolute atomic E-state index is 0.0222. The molecule has 120 valence electrons. The first-order chi connectivity index (χ1) is 11.2. The zero-order chi connectivity index (χ0) is 16.1. The maximum absolute atomic E-state index is 12.4. The lowest BCUT2D eigenvalue weighted by Gasteiger charge is -2.30. The predicted molar refractivity (Wildman–Crippen MR) is 95.5 cm³/mol. The van der Waals surface area contributed by atoms with Gasteiger partial charge < -0.3 is 10.2 Å². The van der Waals surface area contributed by atoms with Crippen molar-refractivity contribution >= 4 is 21.8 Å². The van der Waals surface area contributed by atoms with Crippen LogP contribution in [0.25, 0.3) is 0 Å². The first-order valence-electron chi connectivity index (χ1n) is 8.15. The first-order valence-corrected chi connectivity index (χ1v) is 8.94. The molecule has 1 aliphatic rings. The molecular weight excluding hydrogens is 352 g/mol. The molecule has 2 N–H and O–H groups in total. The number of carbonyl (C=O) groups excluding carboxylic acids is 1. The van der Waals surface area contributed by atoms with Crippen LogP contribution < -0.4 is 10.2 Å². The maximum atomic E-state index is 12.4. The summed E-state index contributed by atoms with van der Waals surface area (Å²) in [5, 5.41) is 3.18. The number of quaternary nitrogens is 1. The second-order valence-electron chi connectivity index (χ2n) is 6.14. The van der Waals surface area contributed by atoms with Crippen LogP contribution in [0.15, 0.2) is 59.1 Å². The van der Waals surface area contributed by atoms with Gasteiger partial charge in [-0.1, -0.05) is 42.5 Å². The number of benzene rings is 2. The molecule has 2 aromatic rings. The molecule has 2 aromatic carbocycles. The number of nitrogens with one attached hydrogen (secondary N) is 2. The normalized spacial score (nSPS) is 20.9. The van der Waals surface area contributed by atoms with Crippen LogP contribution in [0.2, 0.25) is 0 Å². The second-order valence-corrected chi connectivity index (χ2v) is 6.99. The first kappa shape index (κ1) is 16.2. The van der Waals surface area contributed by atoms with Crippen LogP contribution in [-0.2, 0) is 6.54 Å². The molecule has 0 radical (unpaired) electrons. The van der Waals surface area contributed by atoms with Crippen molar-refractivity contribution in [1.29, 1.82) is 0 Å². The number of hydrogen-bond donors (Lipinski definition) is 2. The fourth-order valence-corrected chi connectivity index (χ4v) is 3.61. The fraction of sp³-hybridized carbons (Fsp3) is 0.316. The molecule has 3 nitrogen and oxygen atoms in total. The van der Waals surface area contributed by atoms with Crippen molar-refractivity contribution in [2.24, 2.45) is 0 Å². The van der Waals surface area contributed by atoms with Gasteiger partial charge in [-0.05, 0) is 28.1 Å². The quantitative estimate of drug-likeness (QED) is 0.847. The lowest BCUT2D eigenvalue weighted by Crippen LogP contribution is -3.12. The number of piperidine rings is 1. The van der Waals surface area contributed by atoms with Gasteiger partial charge in [-0.15, -0.1) is 0 Å². The number of amides is 1. The molecule has 0 unspecified atom stereocenters. The summed E-state index contributed by atoms with van der Waals surface area (Å²) in [6.45, 7) is 3.29. The van der Waals surface area contributed by atoms with Gasteiger partial charge in [-0.3, -0.25) is 4.79 Å². The van der Waals surface area contributed by atoms with Crippen molar-refractivity contribution in [3.63, 3.8) is 0 Å². The van der Waals surface area contributed by atoms with E-state index in [2.05, 4.69) is 51.6 Å². The minimum atomic E-state index is 0.0222. The lowest BCUT2D eigenvalue weighted by molar-refractivity contribution is -0.918. The van der Waals surface area contributed by atoms with Gasteiger partial charge >= 0.3 is 0 Å². The molecule has 0 spiro atoms. The summed E-state index contributed by atoms with van der Waals surface area (Å²) in [6, 6.07) is 18.5. The van der Waals surface area contributed by atoms with Crippen molar-refractivity contribution in [3.05, 3.63) is 70.2 Å². The molecular formula is C19H22BrN2O+. The van der Waals surface area contributed by atoms with Crippen LogP contribution in [0.1, 0.15) is 28.8 Å². The molecule has 0 saturated carbocycles. The van der Waals surface area contributed by atoms with Gasteiger partial charge in [-0.25, -0.2) is 0 Å². The van der Waals surface area contributed by atoms with Gasteiger partial charge in [0.25, 0.3) is 5.91 Å². The van der Waals surface area contributed by atoms with Crippen LogP contribution >= 0.6 is 15.9 Å². The van der Waals surface area contributed by atoms with E-state index in [9.17, 15) is 4.79 Å². The Morgan fingerprint density at radius 2 is 1.70 bits per heavy atom. The number of carbonyl (C=O) groups is 1. The van der Waals surface area contributed by atoms with E-state index in [1.165, 1.54) is 5.56 Å². The summed E-state index contributed by atoms with van der Waals surface area (Å²) >= 11 is 3.44. The Bertz CT molecular complexity index is 651. The molecule has 0 bridgehead atoms. The number of likely N-dealkylation sites (tertiary alicyclic amines) is 1. The standard InChI is InChI=1S/C19H21BrN2O/c20-18-9-5-4-8-17(18)19(23)21-16-10-12-22(13-11-16)14-15-6-2-1-3-7-15/h1-9,16H,10-14H2,(H,21,23)/p+1. The summed E-state index contributed by atoms with van der Waals surface area (Å²) < 4.78 is 0.852. The summed E-state index contributed by atoms with van der Waals surface area (Å²) in [5.74, 6) is 0.0222. The molecule has 1 heterocycles. The average molecular weight is 374 g/mol. The highest BCUT2D eigenvalue weighted by Gasteiger charge is 2.24. The number of rotatable bonds is 4. The zero-order valence-corrected chi connectivity index (χ0v) is 14.7. The fourth-order valence-electron chi connectivity index (χ4n) is 3.14. The van der Waals surface area contributed by atoms with Crippen molar-refractivity contribution in [1.82, 2.24) is 5.32 Å². The minimum Gasteiger partial charge on any atom is -0.349 e. The molecule has 1 fully saturated rings. The van der Waals surface area contributed by atoms with E-state index in [0.29, 0.717) is 5.56 Å². The van der Waals surface area contributed by atoms with E-state index in [-0.39, 0.29) is 11.9 Å². The average Bonchev–Trinajstić information content (AvgIpc) is 2.58. The molecule has 0 aromatic heterocycles. The topological polar surface area (TPSA) is 33.5 Å². The Morgan fingerprint density at radius 3 is 2.39 bits per heavy atom. The molecule has 0 aliphatic carbocycles. The molecule has 0 atom stereocenters. The summed E-state index contributed by atoms with van der Waals surface area (Å²) in [5.41, 5.74) is 2.10. The Morgan fingerprint density at radius 1 is 1.04 bits per heavy atom. The van der Waals surface area contributed by atoms with Crippen LogP contribution in [0.4, 0.5) is 0 Å². The maximum Gasteiger partial charge on any atom is 0.252 e. The molecule has 1 amide bonds. The molecule has 4 heteroatoms. The Hall–Kier alpha value is -1.65. The summed E-state index contributed by atoms with van der Waals surface area (Å²) in [7, 11) is 0. The predicted octanol–water partition coefficient (Wildman–Crippen LogP) is 2.43. The van der Waals surface area contributed by atoms with E-state index in [0.717, 1.165) is 36.9 Å². The van der Waals surface area contributed by atoms with E-state index in [1.54, 1.807) is 4.90 Å². The third-order valence-corrected chi connectivity index (χ3v) is 5.13. The van der Waals surface area contributed by atoms with Crippen molar-refractivity contribution < 1.29 is 9.69 Å². The van der Waals surface area contributed by atoms with E-state index in [1.807, 2.05) is 24.3 Å². The third kappa shape index (κ3) is 4.43. The SMILES string of the molecule is O=C(NC1CC[NH+](Cc2ccccc2)CC1)c1ccccc1Br.